The number of nitrogens with one attached hydrogen (secondary N) is 1. The minimum absolute atomic E-state index is 0.415. The third-order valence-electron chi connectivity index (χ3n) is 2.88. The highest BCUT2D eigenvalue weighted by Crippen LogP contribution is 2.35. The molecule has 1 heterocycles. The molecule has 1 amide bonds. The molecular formula is C13H15BrN2O2. The first kappa shape index (κ1) is 13.2. The predicted octanol–water partition coefficient (Wildman–Crippen LogP) is 1.98. The first-order valence-electron chi connectivity index (χ1n) is 6.02. The average molecular weight is 311 g/mol. The molecule has 18 heavy (non-hydrogen) atoms. The lowest BCUT2D eigenvalue weighted by atomic mass is 10.1. The molecule has 4 nitrogen and oxygen atoms in total. The zero-order valence-electron chi connectivity index (χ0n) is 10.2. The number of amides is 1. The van der Waals surface area contributed by atoms with Crippen LogP contribution in [0.4, 0.5) is 5.69 Å². The third kappa shape index (κ3) is 2.33. The molecule has 1 aliphatic heterocycles. The van der Waals surface area contributed by atoms with E-state index < -0.39 is 11.7 Å². The van der Waals surface area contributed by atoms with Crippen LogP contribution in [0.2, 0.25) is 0 Å². The van der Waals surface area contributed by atoms with Crippen LogP contribution < -0.4 is 10.2 Å². The number of Topliss-reactive ketones (excluding diaryl/α,β-unsaturated/α-hetero) is 1. The van der Waals surface area contributed by atoms with E-state index in [-0.39, 0.29) is 0 Å². The molecule has 96 valence electrons. The highest BCUT2D eigenvalue weighted by atomic mass is 79.9. The molecule has 0 unspecified atom stereocenters. The molecule has 0 radical (unpaired) electrons. The van der Waals surface area contributed by atoms with Crippen molar-refractivity contribution in [2.45, 2.75) is 13.3 Å². The second kappa shape index (κ2) is 5.63. The number of hydrogen-bond acceptors (Lipinski definition) is 3. The molecule has 0 aliphatic carbocycles. The number of fused-ring (bicyclic) bond motifs is 1. The van der Waals surface area contributed by atoms with E-state index in [1.807, 2.05) is 6.07 Å². The molecule has 0 bridgehead atoms. The lowest BCUT2D eigenvalue weighted by Crippen LogP contribution is -2.36. The number of benzene rings is 1. The summed E-state index contributed by atoms with van der Waals surface area (Å²) in [5, 5.41) is 3.23. The molecule has 0 atom stereocenters. The van der Waals surface area contributed by atoms with E-state index in [9.17, 15) is 9.59 Å². The average Bonchev–Trinajstić information content (AvgIpc) is 2.61. The fourth-order valence-corrected chi connectivity index (χ4v) is 2.60. The van der Waals surface area contributed by atoms with E-state index >= 15 is 0 Å². The van der Waals surface area contributed by atoms with Crippen LogP contribution >= 0.6 is 15.9 Å². The Morgan fingerprint density at radius 1 is 1.28 bits per heavy atom. The maximum Gasteiger partial charge on any atom is 0.299 e. The van der Waals surface area contributed by atoms with Gasteiger partial charge in [-0.3, -0.25) is 9.59 Å². The normalized spacial score (nSPS) is 14.2. The zero-order chi connectivity index (χ0) is 13.1. The first-order valence-corrected chi connectivity index (χ1v) is 6.81. The van der Waals surface area contributed by atoms with Crippen molar-refractivity contribution in [1.82, 2.24) is 5.32 Å². The van der Waals surface area contributed by atoms with Crippen molar-refractivity contribution in [2.75, 3.05) is 24.5 Å². The lowest BCUT2D eigenvalue weighted by Gasteiger charge is -2.17. The maximum absolute atomic E-state index is 11.9. The van der Waals surface area contributed by atoms with Crippen LogP contribution in [0.3, 0.4) is 0 Å². The quantitative estimate of drug-likeness (QED) is 0.668. The summed E-state index contributed by atoms with van der Waals surface area (Å²) in [6.07, 6.45) is 1.05. The topological polar surface area (TPSA) is 49.4 Å². The molecule has 1 aliphatic rings. The Kier molecular flexibility index (Phi) is 4.14. The second-order valence-corrected chi connectivity index (χ2v) is 5.03. The summed E-state index contributed by atoms with van der Waals surface area (Å²) in [5.74, 6) is -0.850. The number of nitrogens with zero attached hydrogens (tertiary/aromatic N) is 1. The predicted molar refractivity (Wildman–Crippen MR) is 74.0 cm³/mol. The van der Waals surface area contributed by atoms with Crippen molar-refractivity contribution >= 4 is 33.3 Å². The van der Waals surface area contributed by atoms with E-state index in [2.05, 4.69) is 28.2 Å². The van der Waals surface area contributed by atoms with E-state index in [4.69, 9.17) is 0 Å². The van der Waals surface area contributed by atoms with Gasteiger partial charge in [0.25, 0.3) is 11.7 Å². The minimum atomic E-state index is -0.435. The van der Waals surface area contributed by atoms with E-state index in [0.29, 0.717) is 24.3 Å². The second-order valence-electron chi connectivity index (χ2n) is 4.17. The van der Waals surface area contributed by atoms with Crippen molar-refractivity contribution in [2.24, 2.45) is 0 Å². The van der Waals surface area contributed by atoms with Gasteiger partial charge in [-0.25, -0.2) is 0 Å². The molecule has 0 saturated carbocycles. The van der Waals surface area contributed by atoms with Gasteiger partial charge < -0.3 is 10.2 Å². The van der Waals surface area contributed by atoms with Crippen LogP contribution in [0.25, 0.3) is 0 Å². The van der Waals surface area contributed by atoms with Gasteiger partial charge in [-0.15, -0.1) is 0 Å². The van der Waals surface area contributed by atoms with Gasteiger partial charge >= 0.3 is 0 Å². The van der Waals surface area contributed by atoms with Crippen LogP contribution in [-0.4, -0.2) is 31.3 Å². The van der Waals surface area contributed by atoms with Gasteiger partial charge in [-0.2, -0.15) is 0 Å². The SMILES string of the molecule is CCCNCCN1C(=O)C(=O)c2cccc(Br)c21. The smallest absolute Gasteiger partial charge is 0.299 e. The van der Waals surface area contributed by atoms with E-state index in [0.717, 1.165) is 17.4 Å². The number of para-hydroxylation sites is 1. The van der Waals surface area contributed by atoms with Crippen LogP contribution in [0, 0.1) is 0 Å². The van der Waals surface area contributed by atoms with Crippen LogP contribution in [0.15, 0.2) is 22.7 Å². The van der Waals surface area contributed by atoms with Crippen molar-refractivity contribution < 1.29 is 9.59 Å². The third-order valence-corrected chi connectivity index (χ3v) is 3.52. The molecule has 0 saturated heterocycles. The number of hydrogen-bond donors (Lipinski definition) is 1. The molecule has 5 heteroatoms. The summed E-state index contributed by atoms with van der Waals surface area (Å²) >= 11 is 3.40. The molecule has 2 rings (SSSR count). The summed E-state index contributed by atoms with van der Waals surface area (Å²) in [6.45, 7) is 4.20. The number of anilines is 1. The van der Waals surface area contributed by atoms with Gasteiger partial charge in [0.2, 0.25) is 0 Å². The fourth-order valence-electron chi connectivity index (χ4n) is 2.02. The largest absolute Gasteiger partial charge is 0.315 e. The van der Waals surface area contributed by atoms with Crippen molar-refractivity contribution in [3.63, 3.8) is 0 Å². The van der Waals surface area contributed by atoms with Gasteiger partial charge in [0, 0.05) is 17.6 Å². The fraction of sp³-hybridized carbons (Fsp3) is 0.385. The van der Waals surface area contributed by atoms with Crippen molar-refractivity contribution in [3.8, 4) is 0 Å². The van der Waals surface area contributed by atoms with Gasteiger partial charge in [-0.05, 0) is 41.0 Å². The van der Waals surface area contributed by atoms with E-state index in [1.54, 1.807) is 17.0 Å². The Bertz CT molecular complexity index is 488. The maximum atomic E-state index is 11.9. The highest BCUT2D eigenvalue weighted by Gasteiger charge is 2.36. The van der Waals surface area contributed by atoms with Gasteiger partial charge in [0.15, 0.2) is 0 Å². The van der Waals surface area contributed by atoms with Crippen molar-refractivity contribution in [3.05, 3.63) is 28.2 Å². The van der Waals surface area contributed by atoms with Crippen LogP contribution in [0.5, 0.6) is 0 Å². The number of carbonyl (C=O) groups excluding carboxylic acids is 2. The number of carbonyl (C=O) groups is 2. The Balaban J connectivity index is 2.17. The molecular weight excluding hydrogens is 296 g/mol. The lowest BCUT2D eigenvalue weighted by molar-refractivity contribution is -0.114. The number of rotatable bonds is 5. The first-order chi connectivity index (χ1) is 8.66. The Morgan fingerprint density at radius 2 is 2.06 bits per heavy atom. The Hall–Kier alpha value is -1.20. The highest BCUT2D eigenvalue weighted by molar-refractivity contribution is 9.10. The number of ketones is 1. The molecule has 1 N–H and O–H groups in total. The Labute approximate surface area is 114 Å². The molecule has 0 spiro atoms. The van der Waals surface area contributed by atoms with Crippen LogP contribution in [-0.2, 0) is 4.79 Å². The molecule has 1 aromatic carbocycles. The monoisotopic (exact) mass is 310 g/mol. The molecule has 0 fully saturated rings. The Morgan fingerprint density at radius 3 is 2.78 bits per heavy atom. The minimum Gasteiger partial charge on any atom is -0.315 e. The number of halogens is 1. The molecule has 0 aromatic heterocycles. The zero-order valence-corrected chi connectivity index (χ0v) is 11.8. The molecule has 1 aromatic rings. The standard InChI is InChI=1S/C13H15BrN2O2/c1-2-6-15-7-8-16-11-9(12(17)13(16)18)4-3-5-10(11)14/h3-5,15H,2,6-8H2,1H3. The summed E-state index contributed by atoms with van der Waals surface area (Å²) < 4.78 is 0.787. The van der Waals surface area contributed by atoms with E-state index in [1.165, 1.54) is 0 Å². The van der Waals surface area contributed by atoms with Crippen molar-refractivity contribution in [1.29, 1.82) is 0 Å². The summed E-state index contributed by atoms with van der Waals surface area (Å²) in [4.78, 5) is 25.3. The summed E-state index contributed by atoms with van der Waals surface area (Å²) in [7, 11) is 0. The van der Waals surface area contributed by atoms with Crippen LogP contribution in [0.1, 0.15) is 23.7 Å². The summed E-state index contributed by atoms with van der Waals surface area (Å²) in [5.41, 5.74) is 1.19. The summed E-state index contributed by atoms with van der Waals surface area (Å²) in [6, 6.07) is 5.31. The van der Waals surface area contributed by atoms with Gasteiger partial charge in [0.1, 0.15) is 0 Å². The van der Waals surface area contributed by atoms with Gasteiger partial charge in [0.05, 0.1) is 11.3 Å². The van der Waals surface area contributed by atoms with Gasteiger partial charge in [-0.1, -0.05) is 13.0 Å².